The SMILES string of the molecule is C/C=C/C(=O)OCC(C)(C)C(OC)OC. The van der Waals surface area contributed by atoms with Crippen LogP contribution in [0.1, 0.15) is 20.8 Å². The molecule has 0 saturated heterocycles. The average molecular weight is 216 g/mol. The molecule has 0 aliphatic rings. The first-order chi connectivity index (χ1) is 6.97. The number of esters is 1. The summed E-state index contributed by atoms with van der Waals surface area (Å²) < 4.78 is 15.3. The predicted molar refractivity (Wildman–Crippen MR) is 57.4 cm³/mol. The summed E-state index contributed by atoms with van der Waals surface area (Å²) in [6.07, 6.45) is 2.63. The van der Waals surface area contributed by atoms with Crippen LogP contribution in [0.5, 0.6) is 0 Å². The molecule has 0 aromatic rings. The second kappa shape index (κ2) is 6.58. The van der Waals surface area contributed by atoms with Crippen molar-refractivity contribution in [1.29, 1.82) is 0 Å². The van der Waals surface area contributed by atoms with Gasteiger partial charge < -0.3 is 14.2 Å². The smallest absolute Gasteiger partial charge is 0.330 e. The van der Waals surface area contributed by atoms with Gasteiger partial charge in [0.15, 0.2) is 6.29 Å². The molecule has 0 aromatic heterocycles. The van der Waals surface area contributed by atoms with Crippen molar-refractivity contribution in [2.45, 2.75) is 27.1 Å². The minimum absolute atomic E-state index is 0.252. The molecule has 0 radical (unpaired) electrons. The summed E-state index contributed by atoms with van der Waals surface area (Å²) in [5.41, 5.74) is -0.374. The van der Waals surface area contributed by atoms with Crippen molar-refractivity contribution in [1.82, 2.24) is 0 Å². The summed E-state index contributed by atoms with van der Waals surface area (Å²) in [4.78, 5) is 11.1. The van der Waals surface area contributed by atoms with Crippen molar-refractivity contribution in [3.8, 4) is 0 Å². The van der Waals surface area contributed by atoms with Gasteiger partial charge in [-0.15, -0.1) is 0 Å². The predicted octanol–water partition coefficient (Wildman–Crippen LogP) is 1.75. The van der Waals surface area contributed by atoms with Gasteiger partial charge in [-0.25, -0.2) is 4.79 Å². The second-order valence-electron chi connectivity index (χ2n) is 3.90. The number of hydrogen-bond acceptors (Lipinski definition) is 4. The molecule has 0 amide bonds. The molecule has 15 heavy (non-hydrogen) atoms. The van der Waals surface area contributed by atoms with E-state index >= 15 is 0 Å². The fraction of sp³-hybridized carbons (Fsp3) is 0.727. The second-order valence-corrected chi connectivity index (χ2v) is 3.90. The molecule has 0 heterocycles. The van der Waals surface area contributed by atoms with Crippen LogP contribution in [-0.2, 0) is 19.0 Å². The normalized spacial score (nSPS) is 12.4. The van der Waals surface area contributed by atoms with E-state index in [0.717, 1.165) is 0 Å². The Morgan fingerprint density at radius 2 is 1.87 bits per heavy atom. The lowest BCUT2D eigenvalue weighted by Crippen LogP contribution is -2.37. The van der Waals surface area contributed by atoms with Crippen LogP contribution < -0.4 is 0 Å². The van der Waals surface area contributed by atoms with Gasteiger partial charge in [0, 0.05) is 25.7 Å². The lowest BCUT2D eigenvalue weighted by molar-refractivity contribution is -0.186. The first-order valence-corrected chi connectivity index (χ1v) is 4.83. The summed E-state index contributed by atoms with van der Waals surface area (Å²) in [7, 11) is 3.12. The van der Waals surface area contributed by atoms with Crippen molar-refractivity contribution in [2.75, 3.05) is 20.8 Å². The first-order valence-electron chi connectivity index (χ1n) is 4.83. The van der Waals surface area contributed by atoms with Crippen LogP contribution in [-0.4, -0.2) is 33.1 Å². The highest BCUT2D eigenvalue weighted by Crippen LogP contribution is 2.23. The Bertz CT molecular complexity index is 217. The van der Waals surface area contributed by atoms with Crippen LogP contribution in [0.3, 0.4) is 0 Å². The number of carbonyl (C=O) groups is 1. The summed E-state index contributed by atoms with van der Waals surface area (Å²) >= 11 is 0. The van der Waals surface area contributed by atoms with Gasteiger partial charge in [-0.1, -0.05) is 19.9 Å². The third-order valence-electron chi connectivity index (χ3n) is 1.96. The molecule has 4 heteroatoms. The maximum atomic E-state index is 11.1. The Morgan fingerprint density at radius 3 is 2.27 bits per heavy atom. The van der Waals surface area contributed by atoms with Gasteiger partial charge in [0.1, 0.15) is 6.61 Å². The summed E-state index contributed by atoms with van der Waals surface area (Å²) in [5, 5.41) is 0. The molecule has 0 atom stereocenters. The maximum absolute atomic E-state index is 11.1. The number of hydrogen-bond donors (Lipinski definition) is 0. The quantitative estimate of drug-likeness (QED) is 0.385. The molecule has 0 bridgehead atoms. The molecule has 0 rings (SSSR count). The van der Waals surface area contributed by atoms with Crippen molar-refractivity contribution in [3.05, 3.63) is 12.2 Å². The van der Waals surface area contributed by atoms with Gasteiger partial charge >= 0.3 is 5.97 Å². The highest BCUT2D eigenvalue weighted by Gasteiger charge is 2.31. The van der Waals surface area contributed by atoms with Crippen LogP contribution >= 0.6 is 0 Å². The monoisotopic (exact) mass is 216 g/mol. The molecule has 0 aliphatic heterocycles. The number of allylic oxidation sites excluding steroid dienone is 1. The van der Waals surface area contributed by atoms with E-state index in [1.807, 2.05) is 13.8 Å². The molecule has 0 aliphatic carbocycles. The Hall–Kier alpha value is -0.870. The van der Waals surface area contributed by atoms with Gasteiger partial charge in [-0.3, -0.25) is 0 Å². The minimum atomic E-state index is -0.393. The van der Waals surface area contributed by atoms with Crippen LogP contribution in [0.25, 0.3) is 0 Å². The van der Waals surface area contributed by atoms with Crippen molar-refractivity contribution >= 4 is 5.97 Å². The fourth-order valence-corrected chi connectivity index (χ4v) is 1.24. The van der Waals surface area contributed by atoms with E-state index in [1.165, 1.54) is 6.08 Å². The largest absolute Gasteiger partial charge is 0.462 e. The average Bonchev–Trinajstić information content (AvgIpc) is 2.17. The van der Waals surface area contributed by atoms with Gasteiger partial charge in [0.05, 0.1) is 0 Å². The molecular weight excluding hydrogens is 196 g/mol. The van der Waals surface area contributed by atoms with Gasteiger partial charge in [-0.05, 0) is 6.92 Å². The van der Waals surface area contributed by atoms with E-state index < -0.39 is 6.29 Å². The van der Waals surface area contributed by atoms with Gasteiger partial charge in [-0.2, -0.15) is 0 Å². The summed E-state index contributed by atoms with van der Waals surface area (Å²) in [6.45, 7) is 5.84. The lowest BCUT2D eigenvalue weighted by atomic mass is 9.94. The molecular formula is C11H20O4. The third kappa shape index (κ3) is 4.95. The van der Waals surface area contributed by atoms with Crippen LogP contribution in [0.2, 0.25) is 0 Å². The van der Waals surface area contributed by atoms with Crippen LogP contribution in [0.4, 0.5) is 0 Å². The Balaban J connectivity index is 4.18. The van der Waals surface area contributed by atoms with E-state index in [1.54, 1.807) is 27.2 Å². The Kier molecular flexibility index (Phi) is 6.20. The molecule has 0 saturated carbocycles. The van der Waals surface area contributed by atoms with Crippen molar-refractivity contribution in [3.63, 3.8) is 0 Å². The van der Waals surface area contributed by atoms with E-state index in [-0.39, 0.29) is 18.0 Å². The zero-order chi connectivity index (χ0) is 11.9. The lowest BCUT2D eigenvalue weighted by Gasteiger charge is -2.30. The Labute approximate surface area is 91.2 Å². The number of carbonyl (C=O) groups excluding carboxylic acids is 1. The van der Waals surface area contributed by atoms with Gasteiger partial charge in [0.2, 0.25) is 0 Å². The zero-order valence-electron chi connectivity index (χ0n) is 10.1. The zero-order valence-corrected chi connectivity index (χ0v) is 10.1. The van der Waals surface area contributed by atoms with E-state index in [9.17, 15) is 4.79 Å². The molecule has 0 unspecified atom stereocenters. The van der Waals surface area contributed by atoms with Crippen LogP contribution in [0.15, 0.2) is 12.2 Å². The highest BCUT2D eigenvalue weighted by atomic mass is 16.7. The van der Waals surface area contributed by atoms with E-state index in [0.29, 0.717) is 0 Å². The van der Waals surface area contributed by atoms with Gasteiger partial charge in [0.25, 0.3) is 0 Å². The van der Waals surface area contributed by atoms with E-state index in [4.69, 9.17) is 14.2 Å². The molecule has 0 aromatic carbocycles. The molecule has 0 spiro atoms. The summed E-state index contributed by atoms with van der Waals surface area (Å²) in [5.74, 6) is -0.350. The van der Waals surface area contributed by atoms with E-state index in [2.05, 4.69) is 0 Å². The fourth-order valence-electron chi connectivity index (χ4n) is 1.24. The molecule has 4 nitrogen and oxygen atoms in total. The standard InChI is InChI=1S/C11H20O4/c1-6-7-9(12)15-8-11(2,3)10(13-4)14-5/h6-7,10H,8H2,1-5H3/b7-6+. The Morgan fingerprint density at radius 1 is 1.33 bits per heavy atom. The first kappa shape index (κ1) is 14.1. The topological polar surface area (TPSA) is 44.8 Å². The number of rotatable bonds is 6. The molecule has 0 fully saturated rings. The molecule has 0 N–H and O–H groups in total. The number of methoxy groups -OCH3 is 2. The maximum Gasteiger partial charge on any atom is 0.330 e. The third-order valence-corrected chi connectivity index (χ3v) is 1.96. The van der Waals surface area contributed by atoms with Crippen LogP contribution in [0, 0.1) is 5.41 Å². The minimum Gasteiger partial charge on any atom is -0.462 e. The molecule has 88 valence electrons. The highest BCUT2D eigenvalue weighted by molar-refractivity contribution is 5.81. The van der Waals surface area contributed by atoms with Crippen molar-refractivity contribution < 1.29 is 19.0 Å². The summed E-state index contributed by atoms with van der Waals surface area (Å²) in [6, 6.07) is 0. The van der Waals surface area contributed by atoms with Crippen molar-refractivity contribution in [2.24, 2.45) is 5.41 Å². The number of ether oxygens (including phenoxy) is 3.